The highest BCUT2D eigenvalue weighted by Crippen LogP contribution is 2.38. The number of methoxy groups -OCH3 is 3. The van der Waals surface area contributed by atoms with E-state index in [-0.39, 0.29) is 0 Å². The van der Waals surface area contributed by atoms with Crippen molar-refractivity contribution < 1.29 is 23.7 Å². The molecule has 0 bridgehead atoms. The summed E-state index contributed by atoms with van der Waals surface area (Å²) >= 11 is 0. The Hall–Kier alpha value is -1.99. The summed E-state index contributed by atoms with van der Waals surface area (Å²) in [5.74, 6) is 0.920. The number of esters is 1. The van der Waals surface area contributed by atoms with Gasteiger partial charge in [0.1, 0.15) is 6.61 Å². The topological polar surface area (TPSA) is 60.5 Å². The number of benzene rings is 1. The van der Waals surface area contributed by atoms with E-state index in [1.54, 1.807) is 12.1 Å². The summed E-state index contributed by atoms with van der Waals surface area (Å²) in [7, 11) is 6.66. The van der Waals surface area contributed by atoms with Gasteiger partial charge in [-0.15, -0.1) is 0 Å². The van der Waals surface area contributed by atoms with Gasteiger partial charge in [0.05, 0.1) is 26.9 Å². The van der Waals surface area contributed by atoms with Crippen molar-refractivity contribution in [3.8, 4) is 17.2 Å². The van der Waals surface area contributed by atoms with Crippen LogP contribution < -0.4 is 14.2 Å². The maximum absolute atomic E-state index is 12.3. The van der Waals surface area contributed by atoms with E-state index >= 15 is 0 Å². The standard InChI is InChI=1S/C17H26N2O5/c1-18-5-7-19(8-6-18)9-10-24-17(20)13-11-14(21-2)16(23-4)15(12-13)22-3/h11-12H,5-10H2,1-4H3. The molecule has 7 heteroatoms. The summed E-state index contributed by atoms with van der Waals surface area (Å²) in [6, 6.07) is 3.19. The lowest BCUT2D eigenvalue weighted by Gasteiger charge is -2.32. The Morgan fingerprint density at radius 1 is 1.00 bits per heavy atom. The molecule has 0 saturated carbocycles. The molecule has 1 heterocycles. The Bertz CT molecular complexity index is 531. The van der Waals surface area contributed by atoms with E-state index in [1.807, 2.05) is 0 Å². The monoisotopic (exact) mass is 338 g/mol. The molecule has 0 spiro atoms. The van der Waals surface area contributed by atoms with Gasteiger partial charge in [-0.05, 0) is 19.2 Å². The first-order valence-corrected chi connectivity index (χ1v) is 7.97. The number of ether oxygens (including phenoxy) is 4. The van der Waals surface area contributed by atoms with Gasteiger partial charge in [-0.1, -0.05) is 0 Å². The zero-order valence-electron chi connectivity index (χ0n) is 14.8. The van der Waals surface area contributed by atoms with Gasteiger partial charge in [-0.25, -0.2) is 4.79 Å². The molecular formula is C17H26N2O5. The molecule has 2 rings (SSSR count). The summed E-state index contributed by atoms with van der Waals surface area (Å²) < 4.78 is 21.1. The van der Waals surface area contributed by atoms with Crippen LogP contribution in [0.2, 0.25) is 0 Å². The SMILES string of the molecule is COc1cc(C(=O)OCCN2CCN(C)CC2)cc(OC)c1OC. The van der Waals surface area contributed by atoms with Crippen LogP contribution in [0.4, 0.5) is 0 Å². The third-order valence-electron chi connectivity index (χ3n) is 4.14. The number of piperazine rings is 1. The summed E-state index contributed by atoms with van der Waals surface area (Å²) in [6.45, 7) is 5.18. The van der Waals surface area contributed by atoms with Crippen LogP contribution in [0.5, 0.6) is 17.2 Å². The molecule has 24 heavy (non-hydrogen) atoms. The van der Waals surface area contributed by atoms with E-state index in [0.29, 0.717) is 29.4 Å². The Labute approximate surface area is 143 Å². The Kier molecular flexibility index (Phi) is 6.69. The lowest BCUT2D eigenvalue weighted by Crippen LogP contribution is -2.45. The molecule has 0 aromatic heterocycles. The van der Waals surface area contributed by atoms with Crippen LogP contribution in [0.3, 0.4) is 0 Å². The molecule has 134 valence electrons. The molecule has 1 aromatic carbocycles. The molecule has 1 aliphatic heterocycles. The highest BCUT2D eigenvalue weighted by molar-refractivity contribution is 5.91. The van der Waals surface area contributed by atoms with Crippen LogP contribution in [-0.2, 0) is 4.74 Å². The zero-order valence-corrected chi connectivity index (χ0v) is 14.8. The lowest BCUT2D eigenvalue weighted by atomic mass is 10.2. The molecule has 0 atom stereocenters. The summed E-state index contributed by atoms with van der Waals surface area (Å²) in [6.07, 6.45) is 0. The van der Waals surface area contributed by atoms with Crippen molar-refractivity contribution >= 4 is 5.97 Å². The first kappa shape index (κ1) is 18.4. The summed E-state index contributed by atoms with van der Waals surface area (Å²) in [5.41, 5.74) is 0.378. The van der Waals surface area contributed by atoms with Crippen LogP contribution in [-0.4, -0.2) is 83.5 Å². The molecule has 0 radical (unpaired) electrons. The number of hydrogen-bond donors (Lipinski definition) is 0. The Balaban J connectivity index is 1.94. The molecular weight excluding hydrogens is 312 g/mol. The van der Waals surface area contributed by atoms with E-state index in [9.17, 15) is 4.79 Å². The molecule has 0 aliphatic carbocycles. The van der Waals surface area contributed by atoms with Crippen molar-refractivity contribution in [1.82, 2.24) is 9.80 Å². The normalized spacial score (nSPS) is 15.8. The number of likely N-dealkylation sites (N-methyl/N-ethyl adjacent to an activating group) is 1. The highest BCUT2D eigenvalue weighted by Gasteiger charge is 2.18. The summed E-state index contributed by atoms with van der Waals surface area (Å²) in [4.78, 5) is 16.9. The maximum Gasteiger partial charge on any atom is 0.338 e. The van der Waals surface area contributed by atoms with E-state index in [1.165, 1.54) is 21.3 Å². The molecule has 0 N–H and O–H groups in total. The molecule has 1 saturated heterocycles. The van der Waals surface area contributed by atoms with E-state index in [2.05, 4.69) is 16.8 Å². The molecule has 0 unspecified atom stereocenters. The van der Waals surface area contributed by atoms with Crippen molar-refractivity contribution in [3.05, 3.63) is 17.7 Å². The second-order valence-corrected chi connectivity index (χ2v) is 5.69. The van der Waals surface area contributed by atoms with Crippen molar-refractivity contribution in [2.75, 3.05) is 67.7 Å². The predicted octanol–water partition coefficient (Wildman–Crippen LogP) is 1.12. The van der Waals surface area contributed by atoms with Crippen LogP contribution in [0.1, 0.15) is 10.4 Å². The fourth-order valence-corrected chi connectivity index (χ4v) is 2.62. The van der Waals surface area contributed by atoms with Crippen molar-refractivity contribution in [2.45, 2.75) is 0 Å². The largest absolute Gasteiger partial charge is 0.493 e. The minimum Gasteiger partial charge on any atom is -0.493 e. The van der Waals surface area contributed by atoms with Gasteiger partial charge < -0.3 is 23.8 Å². The molecule has 0 amide bonds. The average molecular weight is 338 g/mol. The fraction of sp³-hybridized carbons (Fsp3) is 0.588. The fourth-order valence-electron chi connectivity index (χ4n) is 2.62. The van der Waals surface area contributed by atoms with E-state index in [4.69, 9.17) is 18.9 Å². The zero-order chi connectivity index (χ0) is 17.5. The van der Waals surface area contributed by atoms with Gasteiger partial charge >= 0.3 is 5.97 Å². The predicted molar refractivity (Wildman–Crippen MR) is 90.3 cm³/mol. The van der Waals surface area contributed by atoms with Gasteiger partial charge in [0, 0.05) is 32.7 Å². The third kappa shape index (κ3) is 4.52. The second-order valence-electron chi connectivity index (χ2n) is 5.69. The van der Waals surface area contributed by atoms with Crippen LogP contribution in [0, 0.1) is 0 Å². The van der Waals surface area contributed by atoms with Gasteiger partial charge in [-0.3, -0.25) is 4.90 Å². The molecule has 1 fully saturated rings. The quantitative estimate of drug-likeness (QED) is 0.690. The number of carbonyl (C=O) groups is 1. The smallest absolute Gasteiger partial charge is 0.338 e. The first-order valence-electron chi connectivity index (χ1n) is 7.97. The van der Waals surface area contributed by atoms with Crippen molar-refractivity contribution in [3.63, 3.8) is 0 Å². The van der Waals surface area contributed by atoms with Gasteiger partial charge in [0.25, 0.3) is 0 Å². The Morgan fingerprint density at radius 3 is 2.08 bits per heavy atom. The maximum atomic E-state index is 12.3. The van der Waals surface area contributed by atoms with Crippen molar-refractivity contribution in [2.24, 2.45) is 0 Å². The second kappa shape index (κ2) is 8.75. The van der Waals surface area contributed by atoms with Crippen LogP contribution in [0.15, 0.2) is 12.1 Å². The minimum atomic E-state index is -0.400. The number of rotatable bonds is 7. The average Bonchev–Trinajstić information content (AvgIpc) is 2.61. The van der Waals surface area contributed by atoms with Gasteiger partial charge in [-0.2, -0.15) is 0 Å². The highest BCUT2D eigenvalue weighted by atomic mass is 16.5. The van der Waals surface area contributed by atoms with Crippen molar-refractivity contribution in [1.29, 1.82) is 0 Å². The molecule has 7 nitrogen and oxygen atoms in total. The third-order valence-corrected chi connectivity index (χ3v) is 4.14. The minimum absolute atomic E-state index is 0.360. The number of hydrogen-bond acceptors (Lipinski definition) is 7. The van der Waals surface area contributed by atoms with E-state index in [0.717, 1.165) is 32.7 Å². The van der Waals surface area contributed by atoms with Crippen LogP contribution >= 0.6 is 0 Å². The summed E-state index contributed by atoms with van der Waals surface area (Å²) in [5, 5.41) is 0. The van der Waals surface area contributed by atoms with E-state index < -0.39 is 5.97 Å². The molecule has 1 aromatic rings. The lowest BCUT2D eigenvalue weighted by molar-refractivity contribution is 0.0431. The molecule has 1 aliphatic rings. The van der Waals surface area contributed by atoms with Gasteiger partial charge in [0.2, 0.25) is 5.75 Å². The Morgan fingerprint density at radius 2 is 1.58 bits per heavy atom. The van der Waals surface area contributed by atoms with Gasteiger partial charge in [0.15, 0.2) is 11.5 Å². The first-order chi connectivity index (χ1) is 11.6. The van der Waals surface area contributed by atoms with Crippen LogP contribution in [0.25, 0.3) is 0 Å². The number of carbonyl (C=O) groups excluding carboxylic acids is 1. The number of nitrogens with zero attached hydrogens (tertiary/aromatic N) is 2.